The summed E-state index contributed by atoms with van der Waals surface area (Å²) in [7, 11) is 0. The van der Waals surface area contributed by atoms with Gasteiger partial charge in [0.25, 0.3) is 0 Å². The van der Waals surface area contributed by atoms with Gasteiger partial charge in [-0.2, -0.15) is 0 Å². The summed E-state index contributed by atoms with van der Waals surface area (Å²) in [6.07, 6.45) is 2.39. The first-order valence-electron chi connectivity index (χ1n) is 6.40. The third kappa shape index (κ3) is 2.82. The first-order valence-corrected chi connectivity index (χ1v) is 8.01. The highest BCUT2D eigenvalue weighted by Gasteiger charge is 2.13. The average molecular weight is 377 g/mol. The van der Waals surface area contributed by atoms with E-state index in [-0.39, 0.29) is 0 Å². The molecule has 1 heterocycles. The van der Waals surface area contributed by atoms with Crippen LogP contribution in [0.2, 0.25) is 0 Å². The lowest BCUT2D eigenvalue weighted by molar-refractivity contribution is 0.419. The van der Waals surface area contributed by atoms with E-state index in [2.05, 4.69) is 64.2 Å². The molecule has 0 radical (unpaired) electrons. The van der Waals surface area contributed by atoms with Crippen molar-refractivity contribution in [2.75, 3.05) is 0 Å². The lowest BCUT2D eigenvalue weighted by atomic mass is 10.0. The van der Waals surface area contributed by atoms with Crippen LogP contribution in [-0.2, 0) is 12.4 Å². The zero-order valence-corrected chi connectivity index (χ0v) is 13.7. The smallest absolute Gasteiger partial charge is 0.124 e. The van der Waals surface area contributed by atoms with Gasteiger partial charge in [0.1, 0.15) is 5.82 Å². The van der Waals surface area contributed by atoms with E-state index in [1.165, 1.54) is 21.9 Å². The van der Waals surface area contributed by atoms with Crippen LogP contribution in [-0.4, -0.2) is 9.55 Å². The van der Waals surface area contributed by atoms with E-state index in [9.17, 15) is 0 Å². The minimum absolute atomic E-state index is 0.478. The molecule has 18 heavy (non-hydrogen) atoms. The highest BCUT2D eigenvalue weighted by atomic mass is 127. The molecule has 2 nitrogen and oxygen atoms in total. The topological polar surface area (TPSA) is 17.8 Å². The zero-order chi connectivity index (χ0) is 13.1. The van der Waals surface area contributed by atoms with Gasteiger partial charge in [-0.15, -0.1) is 11.6 Å². The summed E-state index contributed by atoms with van der Waals surface area (Å²) in [6.45, 7) is 5.51. The Kier molecular flexibility index (Phi) is 4.90. The fourth-order valence-electron chi connectivity index (χ4n) is 2.26. The first kappa shape index (κ1) is 14.1. The lowest BCUT2D eigenvalue weighted by Crippen LogP contribution is -2.11. The van der Waals surface area contributed by atoms with Gasteiger partial charge in [0, 0.05) is 10.1 Å². The van der Waals surface area contributed by atoms with Crippen LogP contribution in [0, 0.1) is 9.49 Å². The summed E-state index contributed by atoms with van der Waals surface area (Å²) in [6, 6.07) is 6.41. The van der Waals surface area contributed by atoms with Gasteiger partial charge >= 0.3 is 0 Å². The second-order valence-corrected chi connectivity index (χ2v) is 6.10. The summed E-state index contributed by atoms with van der Waals surface area (Å²) in [5, 5.41) is 0. The predicted molar refractivity (Wildman–Crippen MR) is 86.1 cm³/mol. The molecule has 0 aliphatic rings. The van der Waals surface area contributed by atoms with Gasteiger partial charge in [0.2, 0.25) is 0 Å². The van der Waals surface area contributed by atoms with Gasteiger partial charge in [-0.3, -0.25) is 0 Å². The number of alkyl halides is 1. The molecule has 2 rings (SSSR count). The summed E-state index contributed by atoms with van der Waals surface area (Å²) < 4.78 is 3.50. The third-order valence-corrected chi connectivity index (χ3v) is 4.41. The van der Waals surface area contributed by atoms with Crippen LogP contribution in [0.3, 0.4) is 0 Å². The maximum atomic E-state index is 6.03. The Morgan fingerprint density at radius 2 is 2.06 bits per heavy atom. The molecule has 4 heteroatoms. The number of fused-ring (bicyclic) bond motifs is 1. The van der Waals surface area contributed by atoms with Crippen LogP contribution in [0.1, 0.15) is 32.5 Å². The number of imidazole rings is 1. The van der Waals surface area contributed by atoms with Gasteiger partial charge in [0.05, 0.1) is 16.9 Å². The highest BCUT2D eigenvalue weighted by Crippen LogP contribution is 2.23. The molecule has 0 atom stereocenters. The molecule has 0 aliphatic heterocycles. The van der Waals surface area contributed by atoms with Crippen molar-refractivity contribution in [1.29, 1.82) is 0 Å². The van der Waals surface area contributed by atoms with Crippen molar-refractivity contribution in [3.05, 3.63) is 27.6 Å². The summed E-state index contributed by atoms with van der Waals surface area (Å²) >= 11 is 8.35. The largest absolute Gasteiger partial charge is 0.327 e. The Hall–Kier alpha value is -0.290. The lowest BCUT2D eigenvalue weighted by Gasteiger charge is -2.15. The van der Waals surface area contributed by atoms with Crippen LogP contribution >= 0.6 is 34.2 Å². The van der Waals surface area contributed by atoms with Crippen molar-refractivity contribution in [2.24, 2.45) is 5.92 Å². The van der Waals surface area contributed by atoms with Crippen LogP contribution in [0.15, 0.2) is 18.2 Å². The van der Waals surface area contributed by atoms with E-state index < -0.39 is 0 Å². The number of benzene rings is 1. The average Bonchev–Trinajstić information content (AvgIpc) is 2.72. The van der Waals surface area contributed by atoms with Crippen LogP contribution in [0.25, 0.3) is 11.0 Å². The number of hydrogen-bond donors (Lipinski definition) is 0. The summed E-state index contributed by atoms with van der Waals surface area (Å²) in [4.78, 5) is 4.64. The third-order valence-electron chi connectivity index (χ3n) is 3.50. The molecule has 0 fully saturated rings. The van der Waals surface area contributed by atoms with Gasteiger partial charge in [-0.25, -0.2) is 4.98 Å². The fourth-order valence-corrected chi connectivity index (χ4v) is 2.94. The maximum absolute atomic E-state index is 6.03. The Balaban J connectivity index is 2.46. The zero-order valence-electron chi connectivity index (χ0n) is 10.8. The van der Waals surface area contributed by atoms with Crippen LogP contribution in [0.5, 0.6) is 0 Å². The van der Waals surface area contributed by atoms with E-state index in [1.807, 2.05) is 0 Å². The van der Waals surface area contributed by atoms with Gasteiger partial charge in [0.15, 0.2) is 0 Å². The molecule has 98 valence electrons. The van der Waals surface area contributed by atoms with E-state index in [1.54, 1.807) is 0 Å². The minimum Gasteiger partial charge on any atom is -0.327 e. The summed E-state index contributed by atoms with van der Waals surface area (Å²) in [5.74, 6) is 2.16. The first-order chi connectivity index (χ1) is 8.69. The number of aromatic nitrogens is 2. The molecule has 0 N–H and O–H groups in total. The second kappa shape index (κ2) is 6.24. The number of rotatable bonds is 5. The van der Waals surface area contributed by atoms with Gasteiger partial charge < -0.3 is 4.57 Å². The Labute approximate surface area is 127 Å². The Morgan fingerprint density at radius 3 is 2.67 bits per heavy atom. The van der Waals surface area contributed by atoms with Crippen molar-refractivity contribution in [3.63, 3.8) is 0 Å². The van der Waals surface area contributed by atoms with Gasteiger partial charge in [-0.1, -0.05) is 26.7 Å². The predicted octanol–water partition coefficient (Wildman–Crippen LogP) is 4.82. The minimum atomic E-state index is 0.478. The molecule has 0 saturated heterocycles. The molecule has 1 aromatic carbocycles. The molecule has 2 aromatic rings. The fraction of sp³-hybridized carbons (Fsp3) is 0.500. The molecular formula is C14H18ClIN2. The van der Waals surface area contributed by atoms with E-state index >= 15 is 0 Å². The van der Waals surface area contributed by atoms with Crippen molar-refractivity contribution >= 4 is 45.2 Å². The maximum Gasteiger partial charge on any atom is 0.124 e. The number of hydrogen-bond acceptors (Lipinski definition) is 1. The monoisotopic (exact) mass is 376 g/mol. The van der Waals surface area contributed by atoms with E-state index in [0.29, 0.717) is 11.8 Å². The van der Waals surface area contributed by atoms with Crippen LogP contribution < -0.4 is 0 Å². The Morgan fingerprint density at radius 1 is 1.33 bits per heavy atom. The number of halogens is 2. The quantitative estimate of drug-likeness (QED) is 0.540. The van der Waals surface area contributed by atoms with Gasteiger partial charge in [-0.05, 0) is 46.7 Å². The van der Waals surface area contributed by atoms with E-state index in [0.717, 1.165) is 17.9 Å². The van der Waals surface area contributed by atoms with Crippen molar-refractivity contribution < 1.29 is 0 Å². The van der Waals surface area contributed by atoms with Crippen molar-refractivity contribution in [3.8, 4) is 0 Å². The molecule has 0 saturated carbocycles. The molecule has 0 aliphatic carbocycles. The normalized spacial score (nSPS) is 11.6. The molecule has 1 aromatic heterocycles. The van der Waals surface area contributed by atoms with Crippen molar-refractivity contribution in [1.82, 2.24) is 9.55 Å². The second-order valence-electron chi connectivity index (χ2n) is 4.59. The number of nitrogens with zero attached hydrogens (tertiary/aromatic N) is 2. The molecule has 0 unspecified atom stereocenters. The molecular weight excluding hydrogens is 359 g/mol. The SMILES string of the molecule is CCC(CC)Cn1c(CCl)nc2cc(I)ccc21. The molecule has 0 amide bonds. The Bertz CT molecular complexity index is 532. The highest BCUT2D eigenvalue weighted by molar-refractivity contribution is 14.1. The standard InChI is InChI=1S/C14H18ClIN2/c1-3-10(4-2)9-18-13-6-5-11(16)7-12(13)17-14(18)8-15/h5-7,10H,3-4,8-9H2,1-2H3. The molecule has 0 bridgehead atoms. The molecule has 0 spiro atoms. The van der Waals surface area contributed by atoms with E-state index in [4.69, 9.17) is 11.6 Å². The van der Waals surface area contributed by atoms with Crippen molar-refractivity contribution in [2.45, 2.75) is 39.1 Å². The van der Waals surface area contributed by atoms with Crippen LogP contribution in [0.4, 0.5) is 0 Å². The summed E-state index contributed by atoms with van der Waals surface area (Å²) in [5.41, 5.74) is 2.27.